The number of fused-ring (bicyclic) bond motifs is 1. The van der Waals surface area contributed by atoms with E-state index >= 15 is 0 Å². The molecule has 0 amide bonds. The van der Waals surface area contributed by atoms with Crippen LogP contribution in [-0.2, 0) is 39.8 Å². The summed E-state index contributed by atoms with van der Waals surface area (Å²) in [4.78, 5) is 8.72. The van der Waals surface area contributed by atoms with E-state index in [2.05, 4.69) is 65.7 Å². The molecule has 0 saturated carbocycles. The van der Waals surface area contributed by atoms with Crippen molar-refractivity contribution < 1.29 is 37.3 Å². The van der Waals surface area contributed by atoms with Gasteiger partial charge in [0.05, 0.1) is 7.05 Å². The molecule has 3 aromatic carbocycles. The Labute approximate surface area is 184 Å². The van der Waals surface area contributed by atoms with Crippen molar-refractivity contribution in [3.8, 4) is 11.3 Å². The normalized spacial score (nSPS) is 10.9. The van der Waals surface area contributed by atoms with Crippen LogP contribution in [0.2, 0.25) is 0 Å². The zero-order valence-corrected chi connectivity index (χ0v) is 18.2. The predicted octanol–water partition coefficient (Wildman–Crippen LogP) is 4.46. The summed E-state index contributed by atoms with van der Waals surface area (Å²) in [5.74, 6) is 0. The van der Waals surface area contributed by atoms with E-state index in [0.29, 0.717) is 5.69 Å². The van der Waals surface area contributed by atoms with Crippen molar-refractivity contribution in [2.75, 3.05) is 0 Å². The van der Waals surface area contributed by atoms with E-state index in [-0.39, 0.29) is 32.7 Å². The van der Waals surface area contributed by atoms with E-state index < -0.39 is 0 Å². The summed E-state index contributed by atoms with van der Waals surface area (Å²) in [6.45, 7) is 2.15. The molecule has 1 radical (unpaired) electrons. The molecule has 129 valence electrons. The Morgan fingerprint density at radius 3 is 2.52 bits per heavy atom. The summed E-state index contributed by atoms with van der Waals surface area (Å²) in [6, 6.07) is 22.6. The second-order valence-corrected chi connectivity index (χ2v) is 6.21. The van der Waals surface area contributed by atoms with Crippen molar-refractivity contribution in [3.63, 3.8) is 0 Å². The quantitative estimate of drug-likeness (QED) is 0.271. The molecule has 0 bridgehead atoms. The molecule has 0 unspecified atom stereocenters. The Bertz CT molecular complexity index is 1110. The van der Waals surface area contributed by atoms with E-state index in [1.807, 2.05) is 41.9 Å². The van der Waals surface area contributed by atoms with E-state index in [0.717, 1.165) is 16.8 Å². The zero-order valence-electron chi connectivity index (χ0n) is 15.3. The van der Waals surface area contributed by atoms with Gasteiger partial charge >= 0.3 is 0 Å². The van der Waals surface area contributed by atoms with E-state index in [9.17, 15) is 0 Å². The molecule has 0 saturated heterocycles. The first-order valence-electron chi connectivity index (χ1n) is 8.51. The first-order chi connectivity index (χ1) is 12.7. The largest absolute Gasteiger partial charge is 0.370 e. The second-order valence-electron chi connectivity index (χ2n) is 6.21. The Kier molecular flexibility index (Phi) is 6.25. The van der Waals surface area contributed by atoms with Crippen LogP contribution in [-0.4, -0.2) is 11.2 Å². The van der Waals surface area contributed by atoms with Crippen LogP contribution in [0.15, 0.2) is 78.0 Å². The van der Waals surface area contributed by atoms with Crippen molar-refractivity contribution in [2.45, 2.75) is 6.92 Å². The fourth-order valence-electron chi connectivity index (χ4n) is 3.17. The summed E-state index contributed by atoms with van der Waals surface area (Å²) in [6.07, 6.45) is 7.87. The molecule has 4 rings (SSSR count). The number of hydrogen-bond acceptors (Lipinski definition) is 2. The first-order valence-corrected chi connectivity index (χ1v) is 8.51. The van der Waals surface area contributed by atoms with Gasteiger partial charge in [0.25, 0.3) is 0 Å². The van der Waals surface area contributed by atoms with Gasteiger partial charge in [-0.2, -0.15) is 4.98 Å². The SMILES string of the molecule is Cc1c(-c2c(N=[C-]c3ccccc3)[c-]nc[n+]2C)ccc2ccccc12.[Y]. The summed E-state index contributed by atoms with van der Waals surface area (Å²) in [5.41, 5.74) is 4.92. The molecule has 0 N–H and O–H groups in total. The van der Waals surface area contributed by atoms with Crippen molar-refractivity contribution >= 4 is 22.7 Å². The molecule has 0 aliphatic carbocycles. The third-order valence-electron chi connectivity index (χ3n) is 4.50. The number of aromatic nitrogens is 2. The van der Waals surface area contributed by atoms with Gasteiger partial charge in [-0.15, -0.1) is 29.8 Å². The first kappa shape index (κ1) is 19.5. The van der Waals surface area contributed by atoms with Crippen molar-refractivity contribution in [1.29, 1.82) is 0 Å². The van der Waals surface area contributed by atoms with Crippen LogP contribution in [0.4, 0.5) is 5.69 Å². The summed E-state index contributed by atoms with van der Waals surface area (Å²) >= 11 is 0. The molecule has 0 aliphatic rings. The Morgan fingerprint density at radius 1 is 0.963 bits per heavy atom. The zero-order chi connectivity index (χ0) is 17.9. The smallest absolute Gasteiger partial charge is 0.175 e. The molecule has 0 aliphatic heterocycles. The maximum atomic E-state index is 4.55. The number of aliphatic imine (C=N–C) groups is 1. The molecule has 0 fully saturated rings. The molecular formula is C23H18N3Y-. The number of hydrogen-bond donors (Lipinski definition) is 0. The molecule has 1 aromatic heterocycles. The van der Waals surface area contributed by atoms with Crippen LogP contribution in [0.5, 0.6) is 0 Å². The van der Waals surface area contributed by atoms with Gasteiger partial charge in [0.2, 0.25) is 0 Å². The minimum atomic E-state index is 0. The minimum absolute atomic E-state index is 0. The average molecular weight is 425 g/mol. The van der Waals surface area contributed by atoms with Crippen molar-refractivity contribution in [1.82, 2.24) is 4.98 Å². The Balaban J connectivity index is 0.00000210. The van der Waals surface area contributed by atoms with Crippen molar-refractivity contribution in [3.05, 3.63) is 90.4 Å². The molecule has 3 nitrogen and oxygen atoms in total. The van der Waals surface area contributed by atoms with Gasteiger partial charge < -0.3 is 9.56 Å². The van der Waals surface area contributed by atoms with E-state index in [4.69, 9.17) is 0 Å². The van der Waals surface area contributed by atoms with Gasteiger partial charge in [-0.05, 0) is 40.7 Å². The maximum absolute atomic E-state index is 4.55. The van der Waals surface area contributed by atoms with Gasteiger partial charge in [-0.3, -0.25) is 0 Å². The van der Waals surface area contributed by atoms with Crippen molar-refractivity contribution in [2.24, 2.45) is 12.0 Å². The van der Waals surface area contributed by atoms with Gasteiger partial charge in [0, 0.05) is 44.6 Å². The topological polar surface area (TPSA) is 29.1 Å². The van der Waals surface area contributed by atoms with Gasteiger partial charge in [0.1, 0.15) is 0 Å². The molecule has 4 aromatic rings. The number of benzene rings is 3. The number of rotatable bonds is 3. The second kappa shape index (κ2) is 8.64. The van der Waals surface area contributed by atoms with Crippen LogP contribution in [0.3, 0.4) is 0 Å². The average Bonchev–Trinajstić information content (AvgIpc) is 2.68. The van der Waals surface area contributed by atoms with Crippen LogP contribution in [0.25, 0.3) is 22.0 Å². The molecule has 0 atom stereocenters. The molecule has 1 heterocycles. The summed E-state index contributed by atoms with van der Waals surface area (Å²) < 4.78 is 1.99. The molecule has 0 spiro atoms. The summed E-state index contributed by atoms with van der Waals surface area (Å²) in [7, 11) is 1.98. The van der Waals surface area contributed by atoms with Crippen LogP contribution >= 0.6 is 0 Å². The van der Waals surface area contributed by atoms with Gasteiger partial charge in [-0.1, -0.05) is 42.5 Å². The van der Waals surface area contributed by atoms with Gasteiger partial charge in [0.15, 0.2) is 6.33 Å². The Hall–Kier alpha value is -2.23. The molecule has 27 heavy (non-hydrogen) atoms. The monoisotopic (exact) mass is 425 g/mol. The third-order valence-corrected chi connectivity index (χ3v) is 4.50. The molecular weight excluding hydrogens is 407 g/mol. The number of nitrogens with zero attached hydrogens (tertiary/aromatic N) is 3. The third kappa shape index (κ3) is 4.05. The van der Waals surface area contributed by atoms with E-state index in [1.165, 1.54) is 16.3 Å². The maximum Gasteiger partial charge on any atom is 0.175 e. The van der Waals surface area contributed by atoms with E-state index in [1.54, 1.807) is 6.33 Å². The fourth-order valence-corrected chi connectivity index (χ4v) is 3.17. The predicted molar refractivity (Wildman–Crippen MR) is 105 cm³/mol. The fraction of sp³-hybridized carbons (Fsp3) is 0.0870. The minimum Gasteiger partial charge on any atom is -0.370 e. The summed E-state index contributed by atoms with van der Waals surface area (Å²) in [5, 5.41) is 2.47. The standard InChI is InChI=1S/C23H18N3.Y/c1-17-20-11-7-6-10-19(20)12-13-21(17)23-22(15-24-16-26(23)2)25-14-18-8-4-3-5-9-18;/h3-13,16H,1-2H3;/q-1;. The van der Waals surface area contributed by atoms with Crippen LogP contribution in [0.1, 0.15) is 11.1 Å². The number of aryl methyl sites for hydroxylation is 2. The Morgan fingerprint density at radius 2 is 1.70 bits per heavy atom. The van der Waals surface area contributed by atoms with Gasteiger partial charge in [-0.25, -0.2) is 0 Å². The van der Waals surface area contributed by atoms with Crippen LogP contribution < -0.4 is 4.57 Å². The molecule has 4 heteroatoms. The van der Waals surface area contributed by atoms with Crippen LogP contribution in [0, 0.1) is 13.1 Å².